The second-order valence-corrected chi connectivity index (χ2v) is 21.9. The molecule has 4 rings (SSSR count). The van der Waals surface area contributed by atoms with Crippen molar-refractivity contribution in [2.45, 2.75) is 174 Å². The third kappa shape index (κ3) is 26.3. The Balaban J connectivity index is 1.19. The maximum atomic E-state index is 13.6. The van der Waals surface area contributed by atoms with E-state index in [-0.39, 0.29) is 118 Å². The summed E-state index contributed by atoms with van der Waals surface area (Å²) in [5.41, 5.74) is 11.4. The molecule has 0 radical (unpaired) electrons. The quantitative estimate of drug-likeness (QED) is 0.00945. The molecular formula is C57H86BrN9O16. The molecule has 10 N–H and O–H groups in total. The largest absolute Gasteiger partial charge is 0.459 e. The van der Waals surface area contributed by atoms with E-state index in [0.717, 1.165) is 12.0 Å². The molecule has 3 fully saturated rings. The molecular weight excluding hydrogens is 1150 g/mol. The van der Waals surface area contributed by atoms with Crippen LogP contribution >= 0.6 is 15.9 Å². The number of anilines is 1. The van der Waals surface area contributed by atoms with E-state index < -0.39 is 71.6 Å². The fraction of sp³-hybridized carbons (Fsp3) is 0.632. The van der Waals surface area contributed by atoms with Crippen LogP contribution in [-0.4, -0.2) is 159 Å². The van der Waals surface area contributed by atoms with Gasteiger partial charge in [-0.25, -0.2) is 15.0 Å². The molecule has 3 saturated heterocycles. The lowest BCUT2D eigenvalue weighted by atomic mass is 9.87. The zero-order valence-electron chi connectivity index (χ0n) is 48.8. The number of ether oxygens (including phenoxy) is 7. The van der Waals surface area contributed by atoms with E-state index >= 15 is 0 Å². The number of carbonyl (C=O) groups is 9. The van der Waals surface area contributed by atoms with Crippen molar-refractivity contribution in [1.29, 1.82) is 0 Å². The number of carbonyl (C=O) groups excluding carboxylic acids is 9. The van der Waals surface area contributed by atoms with Gasteiger partial charge in [-0.15, -0.1) is 0 Å². The van der Waals surface area contributed by atoms with E-state index in [0.29, 0.717) is 43.7 Å². The number of halogens is 1. The SMILES string of the molecule is CC(=O)O[C@@H](C)/C=C\C(=O)N[C@@H]1C[C@H](C)[C@H](C/C=C(C)/C=C/[C@@H]2C[C@]3(C[C@@H](CC(=O)NNC(=O)OCc4ccc(NC(=O)[C@H](CCCNC(N)=O)NC(=O)[C@@H](NC(=O)CCOCCOCCNC(=O)CBr)C(C)C)cc4)O2)O[C@@H]3C)O[C@@H]1C. The van der Waals surface area contributed by atoms with Gasteiger partial charge >= 0.3 is 18.1 Å². The zero-order chi connectivity index (χ0) is 61.1. The Morgan fingerprint density at radius 3 is 2.20 bits per heavy atom. The molecule has 83 heavy (non-hydrogen) atoms. The third-order valence-electron chi connectivity index (χ3n) is 14.0. The van der Waals surface area contributed by atoms with Crippen LogP contribution in [0.15, 0.2) is 60.2 Å². The molecule has 1 spiro atoms. The van der Waals surface area contributed by atoms with Crippen molar-refractivity contribution in [3.05, 3.63) is 65.8 Å². The first-order valence-electron chi connectivity index (χ1n) is 28.2. The van der Waals surface area contributed by atoms with E-state index in [2.05, 4.69) is 71.7 Å². The van der Waals surface area contributed by atoms with Crippen molar-refractivity contribution < 1.29 is 76.3 Å². The molecule has 26 heteroatoms. The van der Waals surface area contributed by atoms with Gasteiger partial charge < -0.3 is 70.8 Å². The minimum atomic E-state index is -1.08. The number of esters is 1. The molecule has 9 amide bonds. The van der Waals surface area contributed by atoms with Crippen molar-refractivity contribution in [3.63, 3.8) is 0 Å². The van der Waals surface area contributed by atoms with Crippen LogP contribution in [0.5, 0.6) is 0 Å². The summed E-state index contributed by atoms with van der Waals surface area (Å²) < 4.78 is 39.9. The number of nitrogens with one attached hydrogen (secondary N) is 8. The maximum Gasteiger partial charge on any atom is 0.426 e. The second-order valence-electron chi connectivity index (χ2n) is 21.3. The van der Waals surface area contributed by atoms with Gasteiger partial charge in [-0.05, 0) is 89.0 Å². The van der Waals surface area contributed by atoms with Gasteiger partial charge in [-0.1, -0.05) is 72.6 Å². The zero-order valence-corrected chi connectivity index (χ0v) is 50.4. The van der Waals surface area contributed by atoms with Gasteiger partial charge in [-0.2, -0.15) is 0 Å². The predicted octanol–water partition coefficient (Wildman–Crippen LogP) is 3.68. The maximum absolute atomic E-state index is 13.6. The summed E-state index contributed by atoms with van der Waals surface area (Å²) in [5, 5.41) is 16.5. The van der Waals surface area contributed by atoms with Crippen molar-refractivity contribution in [3.8, 4) is 0 Å². The molecule has 0 unspecified atom stereocenters. The van der Waals surface area contributed by atoms with Crippen molar-refractivity contribution in [2.75, 3.05) is 50.2 Å². The Kier molecular flexibility index (Phi) is 29.6. The van der Waals surface area contributed by atoms with Gasteiger partial charge in [0, 0.05) is 51.0 Å². The van der Waals surface area contributed by atoms with Crippen molar-refractivity contribution in [1.82, 2.24) is 37.4 Å². The molecule has 3 heterocycles. The summed E-state index contributed by atoms with van der Waals surface area (Å²) in [6, 6.07) is 3.40. The highest BCUT2D eigenvalue weighted by molar-refractivity contribution is 9.09. The molecule has 25 nitrogen and oxygen atoms in total. The lowest BCUT2D eigenvalue weighted by Crippen LogP contribution is -2.54. The number of nitrogens with two attached hydrogens (primary N) is 1. The van der Waals surface area contributed by atoms with Crippen LogP contribution in [-0.2, 0) is 73.3 Å². The molecule has 0 saturated carbocycles. The monoisotopic (exact) mass is 1230 g/mol. The number of alkyl halides is 1. The van der Waals surface area contributed by atoms with Crippen LogP contribution in [0.1, 0.15) is 112 Å². The topological polar surface area (TPSA) is 344 Å². The highest BCUT2D eigenvalue weighted by atomic mass is 79.9. The minimum absolute atomic E-state index is 0.00290. The smallest absolute Gasteiger partial charge is 0.426 e. The lowest BCUT2D eigenvalue weighted by molar-refractivity contribution is -0.143. The summed E-state index contributed by atoms with van der Waals surface area (Å²) in [6.45, 7) is 15.7. The molecule has 0 aliphatic carbocycles. The molecule has 1 aromatic carbocycles. The van der Waals surface area contributed by atoms with E-state index in [4.69, 9.17) is 38.9 Å². The highest BCUT2D eigenvalue weighted by Gasteiger charge is 2.58. The van der Waals surface area contributed by atoms with Gasteiger partial charge in [0.1, 0.15) is 24.8 Å². The average Bonchev–Trinajstić information content (AvgIpc) is 4.16. The van der Waals surface area contributed by atoms with Crippen LogP contribution in [0, 0.1) is 11.8 Å². The number of urea groups is 1. The van der Waals surface area contributed by atoms with Gasteiger partial charge in [0.15, 0.2) is 0 Å². The molecule has 462 valence electrons. The van der Waals surface area contributed by atoms with Gasteiger partial charge in [0.05, 0.1) is 80.3 Å². The minimum Gasteiger partial charge on any atom is -0.459 e. The number of hydrazine groups is 1. The first-order valence-corrected chi connectivity index (χ1v) is 29.3. The van der Waals surface area contributed by atoms with Crippen LogP contribution in [0.2, 0.25) is 0 Å². The van der Waals surface area contributed by atoms with Crippen molar-refractivity contribution in [2.24, 2.45) is 17.6 Å². The number of allylic oxidation sites excluding steroid dienone is 2. The molecule has 0 aromatic heterocycles. The molecule has 1 aromatic rings. The Labute approximate surface area is 494 Å². The number of primary amides is 1. The average molecular weight is 1230 g/mol. The van der Waals surface area contributed by atoms with E-state index in [1.807, 2.05) is 32.9 Å². The Hall–Kier alpha value is -6.45. The number of hydrogen-bond acceptors (Lipinski definition) is 16. The second kappa shape index (κ2) is 35.6. The molecule has 3 aliphatic rings. The first kappa shape index (κ1) is 69.0. The molecule has 11 atom stereocenters. The summed E-state index contributed by atoms with van der Waals surface area (Å²) in [5.74, 6) is -3.13. The summed E-state index contributed by atoms with van der Waals surface area (Å²) in [7, 11) is 0. The number of benzene rings is 1. The first-order chi connectivity index (χ1) is 39.4. The number of amides is 9. The van der Waals surface area contributed by atoms with Crippen LogP contribution in [0.3, 0.4) is 0 Å². The predicted molar refractivity (Wildman–Crippen MR) is 309 cm³/mol. The van der Waals surface area contributed by atoms with E-state index in [1.54, 1.807) is 45.0 Å². The molecule has 0 bridgehead atoms. The summed E-state index contributed by atoms with van der Waals surface area (Å²) >= 11 is 3.06. The van der Waals surface area contributed by atoms with Crippen LogP contribution in [0.4, 0.5) is 15.3 Å². The Bertz CT molecular complexity index is 2430. The van der Waals surface area contributed by atoms with E-state index in [9.17, 15) is 43.2 Å². The number of hydrogen-bond donors (Lipinski definition) is 9. The Morgan fingerprint density at radius 2 is 1.54 bits per heavy atom. The van der Waals surface area contributed by atoms with Gasteiger partial charge in [-0.3, -0.25) is 39.0 Å². The number of rotatable bonds is 32. The highest BCUT2D eigenvalue weighted by Crippen LogP contribution is 2.48. The lowest BCUT2D eigenvalue weighted by Gasteiger charge is -2.39. The van der Waals surface area contributed by atoms with Gasteiger partial charge in [0.2, 0.25) is 35.4 Å². The third-order valence-corrected chi connectivity index (χ3v) is 14.5. The summed E-state index contributed by atoms with van der Waals surface area (Å²) in [6.07, 6.45) is 9.30. The fourth-order valence-corrected chi connectivity index (χ4v) is 9.53. The Morgan fingerprint density at radius 1 is 0.831 bits per heavy atom. The summed E-state index contributed by atoms with van der Waals surface area (Å²) in [4.78, 5) is 112. The van der Waals surface area contributed by atoms with Crippen LogP contribution < -0.4 is 48.5 Å². The number of epoxide rings is 1. The van der Waals surface area contributed by atoms with Crippen LogP contribution in [0.25, 0.3) is 0 Å². The fourth-order valence-electron chi connectivity index (χ4n) is 9.33. The standard InChI is InChI=1S/C57H86BrN9O16/c1-34(2)52(65-49(70)21-24-77-26-27-78-25-23-60-51(72)32-58)54(74)64-45(10-9-22-61-55(59)75)53(73)62-42-16-14-41(15-17-42)33-79-56(76)67-66-50(71)29-44-31-57(39(7)83-57)30-43(82-44)18-11-35(3)12-19-47-36(4)28-46(38(6)81-47)63-48(69)20-13-37(5)80-40(8)68/h11-18,20,34,36-39,43-47,52H,9-10,19,21-33H2,1-8H3,(H,60,72)(H,62,73)(H,63,69)(H,64,74)(H,65,70)(H,66,71)(H,67,76)(H3,59,61,75)/b18-11+,20-13-,35-12+/t36-,37-,38+,39+,43+,44+,45-,46+,47-,52-,57+/m0/s1. The van der Waals surface area contributed by atoms with E-state index in [1.165, 1.54) is 19.1 Å². The normalized spacial score (nSPS) is 23.3. The molecule has 3 aliphatic heterocycles. The van der Waals surface area contributed by atoms with Crippen molar-refractivity contribution >= 4 is 75.2 Å². The van der Waals surface area contributed by atoms with Gasteiger partial charge in [0.25, 0.3) is 0 Å².